The Labute approximate surface area is 82.4 Å². The third-order valence-corrected chi connectivity index (χ3v) is 4.26. The molecule has 1 atom stereocenters. The van der Waals surface area contributed by atoms with Crippen molar-refractivity contribution < 1.29 is 0 Å². The van der Waals surface area contributed by atoms with Gasteiger partial charge in [-0.25, -0.2) is 0 Å². The molecule has 0 aliphatic heterocycles. The van der Waals surface area contributed by atoms with Gasteiger partial charge in [-0.05, 0) is 29.6 Å². The lowest BCUT2D eigenvalue weighted by atomic mass is 10.0. The molecule has 0 radical (unpaired) electrons. The van der Waals surface area contributed by atoms with Gasteiger partial charge in [-0.1, -0.05) is 33.8 Å². The van der Waals surface area contributed by atoms with Gasteiger partial charge in [-0.2, -0.15) is 0 Å². The number of rotatable bonds is 4. The maximum absolute atomic E-state index is 6.17. The summed E-state index contributed by atoms with van der Waals surface area (Å²) >= 11 is 0. The van der Waals surface area contributed by atoms with E-state index in [0.29, 0.717) is 22.8 Å². The molecule has 0 aromatic carbocycles. The van der Waals surface area contributed by atoms with Crippen LogP contribution in [0.25, 0.3) is 0 Å². The summed E-state index contributed by atoms with van der Waals surface area (Å²) in [5.74, 6) is 0.681. The van der Waals surface area contributed by atoms with Gasteiger partial charge in [0.05, 0.1) is 0 Å². The van der Waals surface area contributed by atoms with Crippen molar-refractivity contribution in [1.82, 2.24) is 0 Å². The summed E-state index contributed by atoms with van der Waals surface area (Å²) in [7, 11) is 0. The molecule has 2 N–H and O–H groups in total. The minimum atomic E-state index is 0.350. The maximum Gasteiger partial charge on any atom is 0.00807 e. The summed E-state index contributed by atoms with van der Waals surface area (Å²) in [4.78, 5) is 0. The molecular formula is C12H23N. The van der Waals surface area contributed by atoms with Crippen molar-refractivity contribution in [3.05, 3.63) is 12.7 Å². The van der Waals surface area contributed by atoms with Crippen molar-refractivity contribution in [2.45, 2.75) is 46.6 Å². The van der Waals surface area contributed by atoms with Crippen LogP contribution in [0.5, 0.6) is 0 Å². The summed E-state index contributed by atoms with van der Waals surface area (Å²) in [5, 5.41) is 0. The van der Waals surface area contributed by atoms with Crippen LogP contribution in [0.2, 0.25) is 0 Å². The minimum Gasteiger partial charge on any atom is -0.327 e. The number of hydrogen-bond donors (Lipinski definition) is 1. The van der Waals surface area contributed by atoms with Crippen LogP contribution < -0.4 is 5.73 Å². The van der Waals surface area contributed by atoms with Crippen molar-refractivity contribution in [3.63, 3.8) is 0 Å². The van der Waals surface area contributed by atoms with E-state index < -0.39 is 0 Å². The van der Waals surface area contributed by atoms with Gasteiger partial charge in [-0.3, -0.25) is 0 Å². The number of nitrogens with two attached hydrogens (primary N) is 1. The quantitative estimate of drug-likeness (QED) is 0.663. The van der Waals surface area contributed by atoms with E-state index >= 15 is 0 Å². The zero-order valence-corrected chi connectivity index (χ0v) is 9.43. The third-order valence-electron chi connectivity index (χ3n) is 4.26. The number of allylic oxidation sites excluding steroid dienone is 1. The van der Waals surface area contributed by atoms with Crippen LogP contribution >= 0.6 is 0 Å². The highest BCUT2D eigenvalue weighted by Crippen LogP contribution is 2.69. The van der Waals surface area contributed by atoms with Crippen molar-refractivity contribution in [2.75, 3.05) is 0 Å². The molecule has 1 heteroatoms. The molecule has 0 bridgehead atoms. The second-order valence-corrected chi connectivity index (χ2v) is 5.45. The molecule has 0 aromatic rings. The Morgan fingerprint density at radius 2 is 1.77 bits per heavy atom. The standard InChI is InChI=1S/C12H23N/c1-6-7-8-9(13)10-11(2,3)12(10,4)5/h6,9-10H,1,7-8,13H2,2-5H3. The van der Waals surface area contributed by atoms with Crippen LogP contribution in [0, 0.1) is 16.7 Å². The lowest BCUT2D eigenvalue weighted by Gasteiger charge is -2.12. The van der Waals surface area contributed by atoms with Gasteiger partial charge < -0.3 is 5.73 Å². The normalized spacial score (nSPS) is 26.8. The summed E-state index contributed by atoms with van der Waals surface area (Å²) in [6, 6.07) is 0.350. The highest BCUT2D eigenvalue weighted by atomic mass is 14.8. The molecule has 13 heavy (non-hydrogen) atoms. The van der Waals surface area contributed by atoms with Crippen molar-refractivity contribution >= 4 is 0 Å². The van der Waals surface area contributed by atoms with E-state index in [9.17, 15) is 0 Å². The van der Waals surface area contributed by atoms with Gasteiger partial charge in [-0.15, -0.1) is 6.58 Å². The Kier molecular flexibility index (Phi) is 2.59. The van der Waals surface area contributed by atoms with E-state index in [1.54, 1.807) is 0 Å². The monoisotopic (exact) mass is 181 g/mol. The predicted octanol–water partition coefficient (Wildman–Crippen LogP) is 2.96. The molecule has 0 heterocycles. The van der Waals surface area contributed by atoms with Gasteiger partial charge in [0, 0.05) is 6.04 Å². The molecule has 1 aliphatic rings. The average molecular weight is 181 g/mol. The van der Waals surface area contributed by atoms with Gasteiger partial charge >= 0.3 is 0 Å². The largest absolute Gasteiger partial charge is 0.327 e. The van der Waals surface area contributed by atoms with Crippen LogP contribution in [0.15, 0.2) is 12.7 Å². The molecule has 0 amide bonds. The summed E-state index contributed by atoms with van der Waals surface area (Å²) < 4.78 is 0. The van der Waals surface area contributed by atoms with Crippen LogP contribution in [0.4, 0.5) is 0 Å². The molecule has 0 spiro atoms. The Hall–Kier alpha value is -0.300. The van der Waals surface area contributed by atoms with Gasteiger partial charge in [0.2, 0.25) is 0 Å². The highest BCUT2D eigenvalue weighted by Gasteiger charge is 2.66. The topological polar surface area (TPSA) is 26.0 Å². The molecule has 0 saturated heterocycles. The minimum absolute atomic E-state index is 0.350. The van der Waals surface area contributed by atoms with E-state index in [2.05, 4.69) is 34.3 Å². The van der Waals surface area contributed by atoms with E-state index in [1.165, 1.54) is 0 Å². The van der Waals surface area contributed by atoms with Crippen LogP contribution in [0.3, 0.4) is 0 Å². The second kappa shape index (κ2) is 3.13. The molecule has 76 valence electrons. The zero-order valence-electron chi connectivity index (χ0n) is 9.43. The fourth-order valence-corrected chi connectivity index (χ4v) is 2.79. The van der Waals surface area contributed by atoms with Gasteiger partial charge in [0.25, 0.3) is 0 Å². The Balaban J connectivity index is 2.52. The van der Waals surface area contributed by atoms with Crippen LogP contribution in [-0.2, 0) is 0 Å². The smallest absolute Gasteiger partial charge is 0.00807 e. The molecule has 1 saturated carbocycles. The van der Waals surface area contributed by atoms with Crippen molar-refractivity contribution in [1.29, 1.82) is 0 Å². The van der Waals surface area contributed by atoms with Crippen LogP contribution in [0.1, 0.15) is 40.5 Å². The molecule has 1 aliphatic carbocycles. The van der Waals surface area contributed by atoms with Crippen molar-refractivity contribution in [2.24, 2.45) is 22.5 Å². The lowest BCUT2D eigenvalue weighted by molar-refractivity contribution is 0.457. The molecule has 1 fully saturated rings. The predicted molar refractivity (Wildman–Crippen MR) is 58.5 cm³/mol. The average Bonchev–Trinajstić information content (AvgIpc) is 2.39. The van der Waals surface area contributed by atoms with E-state index in [1.807, 2.05) is 6.08 Å². The van der Waals surface area contributed by atoms with Gasteiger partial charge in [0.1, 0.15) is 0 Å². The fourth-order valence-electron chi connectivity index (χ4n) is 2.79. The Morgan fingerprint density at radius 3 is 2.08 bits per heavy atom. The molecule has 1 unspecified atom stereocenters. The zero-order chi connectivity index (χ0) is 10.3. The van der Waals surface area contributed by atoms with E-state index in [4.69, 9.17) is 5.73 Å². The second-order valence-electron chi connectivity index (χ2n) is 5.45. The SMILES string of the molecule is C=CCCC(N)C1C(C)(C)C1(C)C. The summed E-state index contributed by atoms with van der Waals surface area (Å²) in [5.41, 5.74) is 7.02. The first-order chi connectivity index (χ1) is 5.85. The summed E-state index contributed by atoms with van der Waals surface area (Å²) in [6.07, 6.45) is 4.09. The molecule has 1 rings (SSSR count). The maximum atomic E-state index is 6.17. The third kappa shape index (κ3) is 1.54. The van der Waals surface area contributed by atoms with Crippen molar-refractivity contribution in [3.8, 4) is 0 Å². The Morgan fingerprint density at radius 1 is 1.31 bits per heavy atom. The first kappa shape index (κ1) is 10.8. The first-order valence-corrected chi connectivity index (χ1v) is 5.22. The number of hydrogen-bond acceptors (Lipinski definition) is 1. The van der Waals surface area contributed by atoms with E-state index in [-0.39, 0.29) is 0 Å². The Bertz CT molecular complexity index is 189. The van der Waals surface area contributed by atoms with E-state index in [0.717, 1.165) is 12.8 Å². The lowest BCUT2D eigenvalue weighted by Crippen LogP contribution is -2.25. The van der Waals surface area contributed by atoms with Gasteiger partial charge in [0.15, 0.2) is 0 Å². The fraction of sp³-hybridized carbons (Fsp3) is 0.833. The van der Waals surface area contributed by atoms with Crippen LogP contribution in [-0.4, -0.2) is 6.04 Å². The summed E-state index contributed by atoms with van der Waals surface area (Å²) in [6.45, 7) is 13.0. The molecule has 0 aromatic heterocycles. The molecule has 1 nitrogen and oxygen atoms in total. The molecular weight excluding hydrogens is 158 g/mol. The highest BCUT2D eigenvalue weighted by molar-refractivity contribution is 5.15. The first-order valence-electron chi connectivity index (χ1n) is 5.22.